The van der Waals surface area contributed by atoms with E-state index in [1.165, 1.54) is 12.8 Å². The topological polar surface area (TPSA) is 59.4 Å². The molecule has 0 aromatic heterocycles. The Bertz CT molecular complexity index is 522. The third kappa shape index (κ3) is 2.91. The first-order valence-corrected chi connectivity index (χ1v) is 7.06. The van der Waals surface area contributed by atoms with Gasteiger partial charge in [0.2, 0.25) is 0 Å². The van der Waals surface area contributed by atoms with E-state index in [1.54, 1.807) is 24.3 Å². The highest BCUT2D eigenvalue weighted by Crippen LogP contribution is 2.27. The van der Waals surface area contributed by atoms with E-state index in [1.807, 2.05) is 4.90 Å². The molecule has 1 saturated heterocycles. The summed E-state index contributed by atoms with van der Waals surface area (Å²) in [7, 11) is 0. The van der Waals surface area contributed by atoms with Crippen molar-refractivity contribution in [1.82, 2.24) is 9.80 Å². The molecule has 0 spiro atoms. The van der Waals surface area contributed by atoms with Gasteiger partial charge >= 0.3 is 6.03 Å². The largest absolute Gasteiger partial charge is 0.322 e. The molecular formula is C15H18N4O. The summed E-state index contributed by atoms with van der Waals surface area (Å²) < 4.78 is 0. The SMILES string of the molecule is N#Cc1ccc(NC(=O)N2CCN(C3CC3)CC2)cc1. The normalized spacial score (nSPS) is 19.4. The number of carbonyl (C=O) groups is 1. The minimum Gasteiger partial charge on any atom is -0.322 e. The summed E-state index contributed by atoms with van der Waals surface area (Å²) in [6.45, 7) is 3.54. The van der Waals surface area contributed by atoms with Crippen LogP contribution in [0.5, 0.6) is 0 Å². The molecule has 1 N–H and O–H groups in total. The van der Waals surface area contributed by atoms with Crippen molar-refractivity contribution >= 4 is 11.7 Å². The van der Waals surface area contributed by atoms with Crippen LogP contribution in [0.15, 0.2) is 24.3 Å². The van der Waals surface area contributed by atoms with E-state index in [9.17, 15) is 4.79 Å². The Morgan fingerprint density at radius 2 is 1.80 bits per heavy atom. The maximum absolute atomic E-state index is 12.1. The average Bonchev–Trinajstić information content (AvgIpc) is 3.33. The molecule has 1 heterocycles. The average molecular weight is 270 g/mol. The Morgan fingerprint density at radius 3 is 2.35 bits per heavy atom. The lowest BCUT2D eigenvalue weighted by molar-refractivity contribution is 0.142. The summed E-state index contributed by atoms with van der Waals surface area (Å²) in [4.78, 5) is 16.5. The minimum absolute atomic E-state index is 0.0508. The van der Waals surface area contributed by atoms with Crippen molar-refractivity contribution in [3.05, 3.63) is 29.8 Å². The second-order valence-electron chi connectivity index (χ2n) is 5.37. The predicted molar refractivity (Wildman–Crippen MR) is 76.3 cm³/mol. The van der Waals surface area contributed by atoms with Crippen molar-refractivity contribution in [2.45, 2.75) is 18.9 Å². The molecule has 0 radical (unpaired) electrons. The number of piperazine rings is 1. The lowest BCUT2D eigenvalue weighted by atomic mass is 10.2. The van der Waals surface area contributed by atoms with Crippen LogP contribution >= 0.6 is 0 Å². The van der Waals surface area contributed by atoms with E-state index >= 15 is 0 Å². The lowest BCUT2D eigenvalue weighted by Crippen LogP contribution is -2.50. The molecule has 2 aliphatic rings. The summed E-state index contributed by atoms with van der Waals surface area (Å²) >= 11 is 0. The van der Waals surface area contributed by atoms with Crippen LogP contribution in [-0.2, 0) is 0 Å². The fourth-order valence-electron chi connectivity index (χ4n) is 2.56. The Balaban J connectivity index is 1.52. The molecule has 5 heteroatoms. The van der Waals surface area contributed by atoms with Crippen LogP contribution in [-0.4, -0.2) is 48.1 Å². The second kappa shape index (κ2) is 5.51. The monoisotopic (exact) mass is 270 g/mol. The molecule has 1 aliphatic carbocycles. The standard InChI is InChI=1S/C15H18N4O/c16-11-12-1-3-13(4-2-12)17-15(20)19-9-7-18(8-10-19)14-5-6-14/h1-4,14H,5-10H2,(H,17,20). The molecule has 1 aliphatic heterocycles. The predicted octanol–water partition coefficient (Wildman–Crippen LogP) is 1.87. The fraction of sp³-hybridized carbons (Fsp3) is 0.467. The zero-order valence-corrected chi connectivity index (χ0v) is 11.4. The van der Waals surface area contributed by atoms with E-state index in [0.717, 1.165) is 37.9 Å². The van der Waals surface area contributed by atoms with Crippen molar-refractivity contribution in [2.75, 3.05) is 31.5 Å². The number of amides is 2. The van der Waals surface area contributed by atoms with E-state index in [-0.39, 0.29) is 6.03 Å². The van der Waals surface area contributed by atoms with Gasteiger partial charge in [0.05, 0.1) is 11.6 Å². The van der Waals surface area contributed by atoms with Gasteiger partial charge in [-0.15, -0.1) is 0 Å². The second-order valence-corrected chi connectivity index (χ2v) is 5.37. The smallest absolute Gasteiger partial charge is 0.321 e. The molecule has 2 amide bonds. The van der Waals surface area contributed by atoms with Crippen LogP contribution in [0, 0.1) is 11.3 Å². The molecule has 0 atom stereocenters. The molecule has 0 bridgehead atoms. The van der Waals surface area contributed by atoms with Gasteiger partial charge in [-0.2, -0.15) is 5.26 Å². The minimum atomic E-state index is -0.0508. The van der Waals surface area contributed by atoms with Gasteiger partial charge < -0.3 is 10.2 Å². The molecule has 104 valence electrons. The Kier molecular flexibility index (Phi) is 3.57. The van der Waals surface area contributed by atoms with E-state index in [4.69, 9.17) is 5.26 Å². The number of nitrogens with zero attached hydrogens (tertiary/aromatic N) is 3. The van der Waals surface area contributed by atoms with E-state index in [0.29, 0.717) is 5.56 Å². The zero-order valence-electron chi connectivity index (χ0n) is 11.4. The van der Waals surface area contributed by atoms with Crippen LogP contribution in [0.3, 0.4) is 0 Å². The van der Waals surface area contributed by atoms with Crippen LogP contribution < -0.4 is 5.32 Å². The number of carbonyl (C=O) groups excluding carboxylic acids is 1. The van der Waals surface area contributed by atoms with Crippen molar-refractivity contribution < 1.29 is 4.79 Å². The van der Waals surface area contributed by atoms with Gasteiger partial charge in [0.1, 0.15) is 0 Å². The van der Waals surface area contributed by atoms with Gasteiger partial charge in [-0.3, -0.25) is 4.90 Å². The third-order valence-electron chi connectivity index (χ3n) is 3.93. The highest BCUT2D eigenvalue weighted by molar-refractivity contribution is 5.89. The number of urea groups is 1. The number of benzene rings is 1. The van der Waals surface area contributed by atoms with Crippen molar-refractivity contribution in [3.8, 4) is 6.07 Å². The third-order valence-corrected chi connectivity index (χ3v) is 3.93. The molecule has 1 aromatic rings. The van der Waals surface area contributed by atoms with Crippen LogP contribution in [0.25, 0.3) is 0 Å². The van der Waals surface area contributed by atoms with Gasteiger partial charge in [-0.1, -0.05) is 0 Å². The van der Waals surface area contributed by atoms with Crippen LogP contribution in [0.2, 0.25) is 0 Å². The number of anilines is 1. The molecular weight excluding hydrogens is 252 g/mol. The number of hydrogen-bond donors (Lipinski definition) is 1. The Labute approximate surface area is 118 Å². The highest BCUT2D eigenvalue weighted by atomic mass is 16.2. The molecule has 20 heavy (non-hydrogen) atoms. The molecule has 3 rings (SSSR count). The molecule has 1 aromatic carbocycles. The van der Waals surface area contributed by atoms with E-state index < -0.39 is 0 Å². The molecule has 2 fully saturated rings. The highest BCUT2D eigenvalue weighted by Gasteiger charge is 2.32. The number of rotatable bonds is 2. The van der Waals surface area contributed by atoms with Gasteiger partial charge in [-0.05, 0) is 37.1 Å². The number of hydrogen-bond acceptors (Lipinski definition) is 3. The first-order valence-electron chi connectivity index (χ1n) is 7.06. The van der Waals surface area contributed by atoms with Crippen LogP contribution in [0.4, 0.5) is 10.5 Å². The summed E-state index contributed by atoms with van der Waals surface area (Å²) in [5, 5.41) is 11.6. The maximum atomic E-state index is 12.1. The van der Waals surface area contributed by atoms with Crippen LogP contribution in [0.1, 0.15) is 18.4 Å². The van der Waals surface area contributed by atoms with Gasteiger partial charge in [-0.25, -0.2) is 4.79 Å². The molecule has 1 saturated carbocycles. The van der Waals surface area contributed by atoms with Crippen molar-refractivity contribution in [2.24, 2.45) is 0 Å². The van der Waals surface area contributed by atoms with Crippen molar-refractivity contribution in [1.29, 1.82) is 5.26 Å². The molecule has 0 unspecified atom stereocenters. The zero-order chi connectivity index (χ0) is 13.9. The first-order chi connectivity index (χ1) is 9.76. The summed E-state index contributed by atoms with van der Waals surface area (Å²) in [5.41, 5.74) is 1.33. The molecule has 5 nitrogen and oxygen atoms in total. The lowest BCUT2D eigenvalue weighted by Gasteiger charge is -2.34. The fourth-order valence-corrected chi connectivity index (χ4v) is 2.56. The Hall–Kier alpha value is -2.06. The van der Waals surface area contributed by atoms with E-state index in [2.05, 4.69) is 16.3 Å². The summed E-state index contributed by atoms with van der Waals surface area (Å²) in [6, 6.07) is 9.73. The number of nitriles is 1. The quantitative estimate of drug-likeness (QED) is 0.892. The van der Waals surface area contributed by atoms with Crippen molar-refractivity contribution in [3.63, 3.8) is 0 Å². The maximum Gasteiger partial charge on any atom is 0.321 e. The summed E-state index contributed by atoms with van der Waals surface area (Å²) in [5.74, 6) is 0. The Morgan fingerprint density at radius 1 is 1.15 bits per heavy atom. The number of nitrogens with one attached hydrogen (secondary N) is 1. The summed E-state index contributed by atoms with van der Waals surface area (Å²) in [6.07, 6.45) is 2.63. The van der Waals surface area contributed by atoms with Gasteiger partial charge in [0, 0.05) is 37.9 Å². The van der Waals surface area contributed by atoms with Gasteiger partial charge in [0.15, 0.2) is 0 Å². The van der Waals surface area contributed by atoms with Gasteiger partial charge in [0.25, 0.3) is 0 Å². The first kappa shape index (κ1) is 12.9.